The second kappa shape index (κ2) is 4.51. The van der Waals surface area contributed by atoms with Gasteiger partial charge >= 0.3 is 5.97 Å². The van der Waals surface area contributed by atoms with Crippen molar-refractivity contribution in [3.05, 3.63) is 0 Å². The number of aliphatic carboxylic acids is 1. The lowest BCUT2D eigenvalue weighted by atomic mass is 10.1. The number of likely N-dealkylation sites (tertiary alicyclic amines) is 1. The number of rotatable bonds is 2. The van der Waals surface area contributed by atoms with Gasteiger partial charge in [0.2, 0.25) is 5.91 Å². The second-order valence-corrected chi connectivity index (χ2v) is 7.06. The molecule has 1 amide bonds. The quantitative estimate of drug-likeness (QED) is 0.633. The minimum atomic E-state index is -3.18. The summed E-state index contributed by atoms with van der Waals surface area (Å²) in [6.45, 7) is -0.0354. The molecule has 2 saturated heterocycles. The number of carboxylic acid groups (broad SMARTS) is 1. The van der Waals surface area contributed by atoms with Crippen LogP contribution in [0.2, 0.25) is 0 Å². The standard InChI is InChI=1S/C10H15NO6S/c12-7-3-8(10(14)15)11(4-7)9(13)6-1-2-18(16,17)5-6/h6-8,12H,1-5H2,(H,14,15)/t6?,7-,8+/m1/s1. The van der Waals surface area contributed by atoms with Crippen LogP contribution in [0.1, 0.15) is 12.8 Å². The highest BCUT2D eigenvalue weighted by atomic mass is 32.2. The maximum atomic E-state index is 12.1. The van der Waals surface area contributed by atoms with Crippen LogP contribution in [0.15, 0.2) is 0 Å². The molecule has 2 heterocycles. The summed E-state index contributed by atoms with van der Waals surface area (Å²) in [5.74, 6) is -2.55. The predicted octanol–water partition coefficient (Wildman–Crippen LogP) is -1.53. The number of hydrogen-bond acceptors (Lipinski definition) is 5. The van der Waals surface area contributed by atoms with Gasteiger partial charge in [-0.3, -0.25) is 4.79 Å². The molecule has 0 aliphatic carbocycles. The minimum absolute atomic E-state index is 0.000539. The highest BCUT2D eigenvalue weighted by Crippen LogP contribution is 2.26. The fraction of sp³-hybridized carbons (Fsp3) is 0.800. The third kappa shape index (κ3) is 2.49. The number of hydrogen-bond donors (Lipinski definition) is 2. The number of sulfone groups is 1. The second-order valence-electron chi connectivity index (χ2n) is 4.83. The number of carboxylic acids is 1. The van der Waals surface area contributed by atoms with E-state index in [0.29, 0.717) is 0 Å². The monoisotopic (exact) mass is 277 g/mol. The Morgan fingerprint density at radius 1 is 1.28 bits per heavy atom. The van der Waals surface area contributed by atoms with Gasteiger partial charge < -0.3 is 15.1 Å². The van der Waals surface area contributed by atoms with Crippen molar-refractivity contribution in [3.8, 4) is 0 Å². The highest BCUT2D eigenvalue weighted by Gasteiger charge is 2.43. The Morgan fingerprint density at radius 3 is 2.44 bits per heavy atom. The van der Waals surface area contributed by atoms with Crippen molar-refractivity contribution in [2.24, 2.45) is 5.92 Å². The zero-order valence-electron chi connectivity index (χ0n) is 9.65. The summed E-state index contributed by atoms with van der Waals surface area (Å²) in [7, 11) is -3.18. The molecule has 0 saturated carbocycles. The fourth-order valence-corrected chi connectivity index (χ4v) is 4.25. The first kappa shape index (κ1) is 13.3. The molecule has 2 fully saturated rings. The van der Waals surface area contributed by atoms with E-state index in [-0.39, 0.29) is 30.9 Å². The fourth-order valence-electron chi connectivity index (χ4n) is 2.52. The lowest BCUT2D eigenvalue weighted by Crippen LogP contribution is -2.44. The molecule has 3 atom stereocenters. The van der Waals surface area contributed by atoms with E-state index in [9.17, 15) is 23.1 Å². The first-order valence-corrected chi connectivity index (χ1v) is 7.54. The van der Waals surface area contributed by atoms with Crippen molar-refractivity contribution in [3.63, 3.8) is 0 Å². The lowest BCUT2D eigenvalue weighted by molar-refractivity contribution is -0.149. The van der Waals surface area contributed by atoms with Gasteiger partial charge in [0.25, 0.3) is 0 Å². The Morgan fingerprint density at radius 2 is 1.94 bits per heavy atom. The Hall–Kier alpha value is -1.15. The molecule has 0 radical (unpaired) electrons. The summed E-state index contributed by atoms with van der Waals surface area (Å²) >= 11 is 0. The molecule has 0 aromatic heterocycles. The van der Waals surface area contributed by atoms with Crippen molar-refractivity contribution >= 4 is 21.7 Å². The third-order valence-corrected chi connectivity index (χ3v) is 5.20. The molecule has 8 heteroatoms. The molecule has 2 aliphatic rings. The number of nitrogens with zero attached hydrogens (tertiary/aromatic N) is 1. The van der Waals surface area contributed by atoms with E-state index in [1.807, 2.05) is 0 Å². The van der Waals surface area contributed by atoms with Gasteiger partial charge in [0.15, 0.2) is 9.84 Å². The first-order chi connectivity index (χ1) is 8.30. The van der Waals surface area contributed by atoms with E-state index in [1.54, 1.807) is 0 Å². The van der Waals surface area contributed by atoms with Crippen LogP contribution in [0, 0.1) is 5.92 Å². The molecular weight excluding hydrogens is 262 g/mol. The summed E-state index contributed by atoms with van der Waals surface area (Å²) in [5, 5.41) is 18.4. The van der Waals surface area contributed by atoms with Crippen molar-refractivity contribution in [1.29, 1.82) is 0 Å². The molecule has 0 aromatic carbocycles. The number of amides is 1. The summed E-state index contributed by atoms with van der Waals surface area (Å²) in [6.07, 6.45) is -0.617. The van der Waals surface area contributed by atoms with Gasteiger partial charge in [0, 0.05) is 13.0 Å². The molecule has 102 valence electrons. The van der Waals surface area contributed by atoms with Crippen molar-refractivity contribution in [1.82, 2.24) is 4.90 Å². The normalized spacial score (nSPS) is 34.7. The summed E-state index contributed by atoms with van der Waals surface area (Å²) in [6, 6.07) is -1.05. The lowest BCUT2D eigenvalue weighted by Gasteiger charge is -2.23. The van der Waals surface area contributed by atoms with E-state index < -0.39 is 39.8 Å². The Kier molecular flexibility index (Phi) is 3.33. The van der Waals surface area contributed by atoms with E-state index in [4.69, 9.17) is 5.11 Å². The average Bonchev–Trinajstić information content (AvgIpc) is 2.80. The molecule has 0 aromatic rings. The minimum Gasteiger partial charge on any atom is -0.480 e. The number of β-amino-alcohol motifs (C(OH)–C–C–N with tert-alkyl or cyclic N) is 1. The van der Waals surface area contributed by atoms with Crippen LogP contribution in [0.3, 0.4) is 0 Å². The van der Waals surface area contributed by atoms with Gasteiger partial charge in [0.1, 0.15) is 6.04 Å². The smallest absolute Gasteiger partial charge is 0.326 e. The summed E-state index contributed by atoms with van der Waals surface area (Å²) < 4.78 is 22.6. The zero-order valence-corrected chi connectivity index (χ0v) is 10.5. The maximum Gasteiger partial charge on any atom is 0.326 e. The van der Waals surface area contributed by atoms with Crippen LogP contribution in [-0.2, 0) is 19.4 Å². The Balaban J connectivity index is 2.11. The van der Waals surface area contributed by atoms with Crippen molar-refractivity contribution in [2.45, 2.75) is 25.0 Å². The zero-order chi connectivity index (χ0) is 13.5. The SMILES string of the molecule is O=C(O)[C@@H]1C[C@@H](O)CN1C(=O)C1CCS(=O)(=O)C1. The van der Waals surface area contributed by atoms with Gasteiger partial charge in [-0.25, -0.2) is 13.2 Å². The Bertz CT molecular complexity index is 473. The molecule has 2 N–H and O–H groups in total. The van der Waals surface area contributed by atoms with Gasteiger partial charge in [-0.15, -0.1) is 0 Å². The van der Waals surface area contributed by atoms with Crippen LogP contribution >= 0.6 is 0 Å². The molecular formula is C10H15NO6S. The molecule has 7 nitrogen and oxygen atoms in total. The number of carbonyl (C=O) groups is 2. The summed E-state index contributed by atoms with van der Waals surface area (Å²) in [5.41, 5.74) is 0. The van der Waals surface area contributed by atoms with Crippen molar-refractivity contribution < 1.29 is 28.2 Å². The topological polar surface area (TPSA) is 112 Å². The van der Waals surface area contributed by atoms with Gasteiger partial charge in [-0.1, -0.05) is 0 Å². The van der Waals surface area contributed by atoms with Crippen LogP contribution in [-0.4, -0.2) is 65.6 Å². The van der Waals surface area contributed by atoms with Crippen LogP contribution in [0.25, 0.3) is 0 Å². The molecule has 0 spiro atoms. The van der Waals surface area contributed by atoms with Crippen molar-refractivity contribution in [2.75, 3.05) is 18.1 Å². The van der Waals surface area contributed by atoms with Gasteiger partial charge in [0.05, 0.1) is 23.5 Å². The number of carbonyl (C=O) groups excluding carboxylic acids is 1. The average molecular weight is 277 g/mol. The number of aliphatic hydroxyl groups excluding tert-OH is 1. The van der Waals surface area contributed by atoms with Crippen LogP contribution in [0.4, 0.5) is 0 Å². The molecule has 2 rings (SSSR count). The number of aliphatic hydroxyl groups is 1. The highest BCUT2D eigenvalue weighted by molar-refractivity contribution is 7.91. The Labute approximate surface area is 104 Å². The van der Waals surface area contributed by atoms with E-state index >= 15 is 0 Å². The van der Waals surface area contributed by atoms with Gasteiger partial charge in [-0.2, -0.15) is 0 Å². The first-order valence-electron chi connectivity index (χ1n) is 5.72. The van der Waals surface area contributed by atoms with E-state index in [1.165, 1.54) is 0 Å². The third-order valence-electron chi connectivity index (χ3n) is 3.43. The predicted molar refractivity (Wildman–Crippen MR) is 60.5 cm³/mol. The van der Waals surface area contributed by atoms with Crippen LogP contribution in [0.5, 0.6) is 0 Å². The largest absolute Gasteiger partial charge is 0.480 e. The maximum absolute atomic E-state index is 12.1. The van der Waals surface area contributed by atoms with E-state index in [2.05, 4.69) is 0 Å². The van der Waals surface area contributed by atoms with Crippen LogP contribution < -0.4 is 0 Å². The van der Waals surface area contributed by atoms with E-state index in [0.717, 1.165) is 4.90 Å². The molecule has 1 unspecified atom stereocenters. The molecule has 0 bridgehead atoms. The summed E-state index contributed by atoms with van der Waals surface area (Å²) in [4.78, 5) is 24.2. The van der Waals surface area contributed by atoms with Gasteiger partial charge in [-0.05, 0) is 6.42 Å². The molecule has 2 aliphatic heterocycles. The molecule has 18 heavy (non-hydrogen) atoms.